The molecule has 0 radical (unpaired) electrons. The van der Waals surface area contributed by atoms with Crippen molar-refractivity contribution < 1.29 is 5.11 Å². The van der Waals surface area contributed by atoms with Crippen LogP contribution in [-0.4, -0.2) is 15.6 Å². The minimum atomic E-state index is 0.0109. The van der Waals surface area contributed by atoms with Crippen molar-refractivity contribution in [3.05, 3.63) is 29.3 Å². The number of benzene rings is 1. The zero-order valence-corrected chi connectivity index (χ0v) is 19.0. The standard InChI is InChI=1S/C25H42OS/c1-5-6-7-12-15-23-24(27-23)16-13-10-8-9-11-14-20-17-18-21(22(26)19-20)25(2,3)4/h17-19,23-24,26H,5-16H2,1-4H3. The van der Waals surface area contributed by atoms with Gasteiger partial charge in [-0.2, -0.15) is 11.8 Å². The van der Waals surface area contributed by atoms with Gasteiger partial charge in [-0.3, -0.25) is 0 Å². The van der Waals surface area contributed by atoms with Crippen LogP contribution in [0.5, 0.6) is 5.75 Å². The van der Waals surface area contributed by atoms with E-state index in [1.807, 2.05) is 6.07 Å². The summed E-state index contributed by atoms with van der Waals surface area (Å²) in [5.74, 6) is 0.464. The first kappa shape index (κ1) is 22.7. The molecule has 0 aliphatic carbocycles. The minimum Gasteiger partial charge on any atom is -0.508 e. The summed E-state index contributed by atoms with van der Waals surface area (Å²) < 4.78 is 0. The number of rotatable bonds is 13. The highest BCUT2D eigenvalue weighted by Crippen LogP contribution is 2.47. The van der Waals surface area contributed by atoms with Crippen LogP contribution in [0.15, 0.2) is 18.2 Å². The van der Waals surface area contributed by atoms with E-state index in [9.17, 15) is 5.11 Å². The number of hydrogen-bond donors (Lipinski definition) is 1. The lowest BCUT2D eigenvalue weighted by atomic mass is 9.85. The summed E-state index contributed by atoms with van der Waals surface area (Å²) in [7, 11) is 0. The molecule has 1 N–H and O–H groups in total. The van der Waals surface area contributed by atoms with E-state index < -0.39 is 0 Å². The van der Waals surface area contributed by atoms with E-state index in [0.717, 1.165) is 22.5 Å². The Labute approximate surface area is 172 Å². The fourth-order valence-electron chi connectivity index (χ4n) is 4.03. The number of hydrogen-bond acceptors (Lipinski definition) is 2. The van der Waals surface area contributed by atoms with Crippen molar-refractivity contribution in [3.8, 4) is 5.75 Å². The second-order valence-corrected chi connectivity index (χ2v) is 11.0. The van der Waals surface area contributed by atoms with Crippen molar-refractivity contribution in [1.29, 1.82) is 0 Å². The van der Waals surface area contributed by atoms with Crippen molar-refractivity contribution in [2.75, 3.05) is 0 Å². The molecular formula is C25H42OS. The van der Waals surface area contributed by atoms with Gasteiger partial charge < -0.3 is 5.11 Å². The number of thioether (sulfide) groups is 1. The highest BCUT2D eigenvalue weighted by molar-refractivity contribution is 8.07. The molecule has 1 nitrogen and oxygen atoms in total. The van der Waals surface area contributed by atoms with Gasteiger partial charge in [0.25, 0.3) is 0 Å². The van der Waals surface area contributed by atoms with Crippen LogP contribution in [0.25, 0.3) is 0 Å². The highest BCUT2D eigenvalue weighted by atomic mass is 32.2. The van der Waals surface area contributed by atoms with Gasteiger partial charge in [-0.15, -0.1) is 0 Å². The van der Waals surface area contributed by atoms with Gasteiger partial charge in [-0.1, -0.05) is 91.2 Å². The minimum absolute atomic E-state index is 0.0109. The predicted molar refractivity (Wildman–Crippen MR) is 122 cm³/mol. The summed E-state index contributed by atoms with van der Waals surface area (Å²) in [5, 5.41) is 12.3. The molecule has 1 saturated heterocycles. The number of aromatic hydroxyl groups is 1. The summed E-state index contributed by atoms with van der Waals surface area (Å²) in [6.45, 7) is 8.74. The van der Waals surface area contributed by atoms with Crippen LogP contribution in [0.3, 0.4) is 0 Å². The Hall–Kier alpha value is -0.630. The van der Waals surface area contributed by atoms with E-state index in [-0.39, 0.29) is 5.41 Å². The fourth-order valence-corrected chi connectivity index (χ4v) is 5.27. The van der Waals surface area contributed by atoms with Crippen LogP contribution in [-0.2, 0) is 11.8 Å². The molecule has 0 amide bonds. The van der Waals surface area contributed by atoms with Gasteiger partial charge in [-0.05, 0) is 48.3 Å². The van der Waals surface area contributed by atoms with E-state index in [1.165, 1.54) is 76.2 Å². The van der Waals surface area contributed by atoms with Gasteiger partial charge in [0.15, 0.2) is 0 Å². The van der Waals surface area contributed by atoms with Gasteiger partial charge in [0.05, 0.1) is 0 Å². The lowest BCUT2D eigenvalue weighted by Crippen LogP contribution is -2.11. The van der Waals surface area contributed by atoms with E-state index in [1.54, 1.807) is 0 Å². The van der Waals surface area contributed by atoms with Crippen LogP contribution < -0.4 is 0 Å². The Bertz CT molecular complexity index is 546. The van der Waals surface area contributed by atoms with Crippen LogP contribution >= 0.6 is 11.8 Å². The molecule has 1 aliphatic rings. The molecule has 2 rings (SSSR count). The molecule has 27 heavy (non-hydrogen) atoms. The molecule has 2 unspecified atom stereocenters. The Kier molecular flexibility index (Phi) is 9.56. The zero-order chi connectivity index (χ0) is 19.7. The molecule has 2 atom stereocenters. The zero-order valence-electron chi connectivity index (χ0n) is 18.2. The van der Waals surface area contributed by atoms with Crippen LogP contribution in [0, 0.1) is 0 Å². The third kappa shape index (κ3) is 8.50. The first-order chi connectivity index (χ1) is 12.9. The average Bonchev–Trinajstić information content (AvgIpc) is 3.35. The predicted octanol–water partition coefficient (Wildman–Crippen LogP) is 8.03. The third-order valence-electron chi connectivity index (χ3n) is 5.85. The molecule has 154 valence electrons. The molecule has 1 aromatic carbocycles. The number of phenols is 1. The highest BCUT2D eigenvalue weighted by Gasteiger charge is 2.36. The Morgan fingerprint density at radius 1 is 0.852 bits per heavy atom. The number of phenolic OH excluding ortho intramolecular Hbond substituents is 1. The molecule has 0 bridgehead atoms. The van der Waals surface area contributed by atoms with Crippen molar-refractivity contribution >= 4 is 11.8 Å². The molecular weight excluding hydrogens is 348 g/mol. The second kappa shape index (κ2) is 11.4. The van der Waals surface area contributed by atoms with Crippen LogP contribution in [0.4, 0.5) is 0 Å². The third-order valence-corrected chi connectivity index (χ3v) is 7.37. The summed E-state index contributed by atoms with van der Waals surface area (Å²) in [6.07, 6.45) is 16.4. The SMILES string of the molecule is CCCCCCC1SC1CCCCCCCc1ccc(C(C)(C)C)c(O)c1. The Balaban J connectivity index is 1.48. The van der Waals surface area contributed by atoms with Gasteiger partial charge in [0, 0.05) is 10.5 Å². The average molecular weight is 391 g/mol. The topological polar surface area (TPSA) is 20.2 Å². The number of aryl methyl sites for hydroxylation is 1. The molecule has 0 aromatic heterocycles. The van der Waals surface area contributed by atoms with Crippen molar-refractivity contribution in [3.63, 3.8) is 0 Å². The fraction of sp³-hybridized carbons (Fsp3) is 0.760. The number of unbranched alkanes of at least 4 members (excludes halogenated alkanes) is 7. The molecule has 1 fully saturated rings. The van der Waals surface area contributed by atoms with Crippen LogP contribution in [0.1, 0.15) is 109 Å². The molecule has 1 aromatic rings. The summed E-state index contributed by atoms with van der Waals surface area (Å²) >= 11 is 2.24. The smallest absolute Gasteiger partial charge is 0.119 e. The molecule has 2 heteroatoms. The van der Waals surface area contributed by atoms with E-state index >= 15 is 0 Å². The van der Waals surface area contributed by atoms with Gasteiger partial charge in [-0.25, -0.2) is 0 Å². The molecule has 1 aliphatic heterocycles. The van der Waals surface area contributed by atoms with E-state index in [0.29, 0.717) is 5.75 Å². The van der Waals surface area contributed by atoms with E-state index in [4.69, 9.17) is 0 Å². The summed E-state index contributed by atoms with van der Waals surface area (Å²) in [6, 6.07) is 6.29. The maximum absolute atomic E-state index is 10.3. The van der Waals surface area contributed by atoms with Crippen molar-refractivity contribution in [2.24, 2.45) is 0 Å². The summed E-state index contributed by atoms with van der Waals surface area (Å²) in [5.41, 5.74) is 2.34. The summed E-state index contributed by atoms with van der Waals surface area (Å²) in [4.78, 5) is 0. The monoisotopic (exact) mass is 390 g/mol. The van der Waals surface area contributed by atoms with E-state index in [2.05, 4.69) is 51.6 Å². The van der Waals surface area contributed by atoms with Gasteiger partial charge in [0.1, 0.15) is 5.75 Å². The van der Waals surface area contributed by atoms with Crippen molar-refractivity contribution in [1.82, 2.24) is 0 Å². The largest absolute Gasteiger partial charge is 0.508 e. The lowest BCUT2D eigenvalue weighted by molar-refractivity contribution is 0.445. The van der Waals surface area contributed by atoms with Crippen LogP contribution in [0.2, 0.25) is 0 Å². The quantitative estimate of drug-likeness (QED) is 0.272. The Morgan fingerprint density at radius 2 is 1.44 bits per heavy atom. The Morgan fingerprint density at radius 3 is 2.04 bits per heavy atom. The lowest BCUT2D eigenvalue weighted by Gasteiger charge is -2.20. The molecule has 0 saturated carbocycles. The first-order valence-corrected chi connectivity index (χ1v) is 12.3. The molecule has 1 heterocycles. The normalized spacial score (nSPS) is 19.4. The first-order valence-electron chi connectivity index (χ1n) is 11.4. The van der Waals surface area contributed by atoms with Gasteiger partial charge in [0.2, 0.25) is 0 Å². The maximum atomic E-state index is 10.3. The second-order valence-electron chi connectivity index (χ2n) is 9.47. The van der Waals surface area contributed by atoms with Crippen molar-refractivity contribution in [2.45, 2.75) is 121 Å². The maximum Gasteiger partial charge on any atom is 0.119 e. The molecule has 0 spiro atoms. The van der Waals surface area contributed by atoms with Gasteiger partial charge >= 0.3 is 0 Å².